The zero-order chi connectivity index (χ0) is 20.3. The summed E-state index contributed by atoms with van der Waals surface area (Å²) in [6, 6.07) is 9.47. The molecule has 7 nitrogen and oxygen atoms in total. The largest absolute Gasteiger partial charge is 0.461 e. The molecule has 3 saturated heterocycles. The van der Waals surface area contributed by atoms with Crippen LogP contribution < -0.4 is 5.32 Å². The Morgan fingerprint density at radius 2 is 1.79 bits per heavy atom. The summed E-state index contributed by atoms with van der Waals surface area (Å²) in [5.74, 6) is -0.0840. The fourth-order valence-corrected chi connectivity index (χ4v) is 4.80. The van der Waals surface area contributed by atoms with Crippen molar-refractivity contribution in [3.8, 4) is 0 Å². The number of amides is 1. The van der Waals surface area contributed by atoms with Crippen molar-refractivity contribution >= 4 is 17.6 Å². The number of rotatable bonds is 5. The predicted molar refractivity (Wildman–Crippen MR) is 109 cm³/mol. The van der Waals surface area contributed by atoms with E-state index < -0.39 is 0 Å². The van der Waals surface area contributed by atoms with E-state index in [1.165, 1.54) is 0 Å². The van der Waals surface area contributed by atoms with Gasteiger partial charge in [0.05, 0.1) is 18.1 Å². The van der Waals surface area contributed by atoms with Crippen LogP contribution in [-0.2, 0) is 14.3 Å². The molecule has 0 radical (unpaired) electrons. The van der Waals surface area contributed by atoms with E-state index in [0.717, 1.165) is 70.5 Å². The van der Waals surface area contributed by atoms with Gasteiger partial charge < -0.3 is 15.2 Å². The smallest absolute Gasteiger partial charge is 0.312 e. The van der Waals surface area contributed by atoms with E-state index in [1.54, 1.807) is 0 Å². The molecule has 4 rings (SSSR count). The molecule has 0 aromatic heterocycles. The van der Waals surface area contributed by atoms with Crippen molar-refractivity contribution in [1.82, 2.24) is 9.80 Å². The molecule has 3 aliphatic rings. The highest BCUT2D eigenvalue weighted by molar-refractivity contribution is 5.92. The number of hydrogen-bond donors (Lipinski definition) is 2. The number of aliphatic hydroxyl groups excluding tert-OH is 1. The van der Waals surface area contributed by atoms with Crippen molar-refractivity contribution in [2.24, 2.45) is 5.41 Å². The van der Waals surface area contributed by atoms with Crippen LogP contribution in [0.3, 0.4) is 0 Å². The highest BCUT2D eigenvalue weighted by Gasteiger charge is 2.50. The van der Waals surface area contributed by atoms with Gasteiger partial charge in [-0.15, -0.1) is 0 Å². The van der Waals surface area contributed by atoms with E-state index in [9.17, 15) is 14.7 Å². The van der Waals surface area contributed by atoms with Crippen molar-refractivity contribution in [3.05, 3.63) is 30.3 Å². The second-order valence-corrected chi connectivity index (χ2v) is 8.73. The van der Waals surface area contributed by atoms with Gasteiger partial charge in [-0.3, -0.25) is 19.4 Å². The summed E-state index contributed by atoms with van der Waals surface area (Å²) in [5.41, 5.74) is 0.422. The lowest BCUT2D eigenvalue weighted by Gasteiger charge is -2.36. The van der Waals surface area contributed by atoms with Crippen LogP contribution in [0.2, 0.25) is 0 Å². The molecule has 1 amide bonds. The fourth-order valence-electron chi connectivity index (χ4n) is 4.80. The van der Waals surface area contributed by atoms with Gasteiger partial charge in [-0.1, -0.05) is 18.2 Å². The summed E-state index contributed by atoms with van der Waals surface area (Å²) >= 11 is 0. The molecule has 1 unspecified atom stereocenters. The molecule has 158 valence electrons. The second kappa shape index (κ2) is 8.81. The monoisotopic (exact) mass is 401 g/mol. The molecule has 2 N–H and O–H groups in total. The number of esters is 1. The quantitative estimate of drug-likeness (QED) is 0.728. The van der Waals surface area contributed by atoms with Crippen molar-refractivity contribution in [1.29, 1.82) is 0 Å². The molecule has 1 aromatic carbocycles. The Morgan fingerprint density at radius 3 is 2.48 bits per heavy atom. The van der Waals surface area contributed by atoms with Crippen molar-refractivity contribution in [3.63, 3.8) is 0 Å². The van der Waals surface area contributed by atoms with Gasteiger partial charge in [0, 0.05) is 31.7 Å². The topological polar surface area (TPSA) is 82.1 Å². The van der Waals surface area contributed by atoms with Crippen molar-refractivity contribution in [2.45, 2.75) is 44.3 Å². The van der Waals surface area contributed by atoms with Crippen LogP contribution in [0.4, 0.5) is 5.69 Å². The van der Waals surface area contributed by atoms with Crippen molar-refractivity contribution in [2.75, 3.05) is 44.6 Å². The minimum Gasteiger partial charge on any atom is -0.461 e. The molecule has 3 fully saturated rings. The maximum Gasteiger partial charge on any atom is 0.312 e. The summed E-state index contributed by atoms with van der Waals surface area (Å²) in [5, 5.41) is 12.6. The lowest BCUT2D eigenvalue weighted by Crippen LogP contribution is -2.45. The van der Waals surface area contributed by atoms with Crippen LogP contribution in [-0.4, -0.2) is 78.3 Å². The molecule has 0 aliphatic carbocycles. The Labute approximate surface area is 172 Å². The Bertz CT molecular complexity index is 710. The first kappa shape index (κ1) is 20.3. The Balaban J connectivity index is 1.24. The number of anilines is 1. The average molecular weight is 402 g/mol. The zero-order valence-corrected chi connectivity index (χ0v) is 16.9. The predicted octanol–water partition coefficient (Wildman–Crippen LogP) is 1.48. The SMILES string of the molecule is O=C(CN1CCC2(CC1)CC(CN1CCC(O)CC1)OC2=O)Nc1ccccc1. The first-order valence-electron chi connectivity index (χ1n) is 10.7. The van der Waals surface area contributed by atoms with Crippen LogP contribution in [0.1, 0.15) is 32.1 Å². The number of likely N-dealkylation sites (tertiary alicyclic amines) is 2. The standard InChI is InChI=1S/C22H31N3O4/c26-18-6-10-24(11-7-18)15-19-14-22(21(28)29-19)8-12-25(13-9-22)16-20(27)23-17-4-2-1-3-5-17/h1-5,18-19,26H,6-16H2,(H,23,27). The third-order valence-electron chi connectivity index (χ3n) is 6.58. The zero-order valence-electron chi connectivity index (χ0n) is 16.9. The third kappa shape index (κ3) is 4.97. The summed E-state index contributed by atoms with van der Waals surface area (Å²) in [6.45, 7) is 4.32. The molecule has 3 aliphatic heterocycles. The molecule has 3 heterocycles. The average Bonchev–Trinajstić information content (AvgIpc) is 3.01. The first-order chi connectivity index (χ1) is 14.0. The number of aliphatic hydroxyl groups is 1. The lowest BCUT2D eigenvalue weighted by atomic mass is 9.76. The molecule has 7 heteroatoms. The summed E-state index contributed by atoms with van der Waals surface area (Å²) in [4.78, 5) is 29.4. The number of nitrogens with one attached hydrogen (secondary N) is 1. The van der Waals surface area contributed by atoms with Gasteiger partial charge >= 0.3 is 5.97 Å². The highest BCUT2D eigenvalue weighted by atomic mass is 16.6. The molecular formula is C22H31N3O4. The van der Waals surface area contributed by atoms with E-state index in [0.29, 0.717) is 6.54 Å². The number of hydrogen-bond acceptors (Lipinski definition) is 6. The second-order valence-electron chi connectivity index (χ2n) is 8.73. The molecule has 29 heavy (non-hydrogen) atoms. The normalized spacial score (nSPS) is 25.8. The number of benzene rings is 1. The number of nitrogens with zero attached hydrogens (tertiary/aromatic N) is 2. The molecule has 0 bridgehead atoms. The molecule has 1 spiro atoms. The van der Waals surface area contributed by atoms with Crippen LogP contribution >= 0.6 is 0 Å². The summed E-state index contributed by atoms with van der Waals surface area (Å²) < 4.78 is 5.74. The first-order valence-corrected chi connectivity index (χ1v) is 10.7. The number of carbonyl (C=O) groups excluding carboxylic acids is 2. The number of piperidine rings is 2. The van der Waals surface area contributed by atoms with Crippen LogP contribution in [0.5, 0.6) is 0 Å². The Morgan fingerprint density at radius 1 is 1.10 bits per heavy atom. The van der Waals surface area contributed by atoms with E-state index in [2.05, 4.69) is 15.1 Å². The van der Waals surface area contributed by atoms with Crippen LogP contribution in [0.15, 0.2) is 30.3 Å². The van der Waals surface area contributed by atoms with Crippen LogP contribution in [0.25, 0.3) is 0 Å². The molecule has 1 aromatic rings. The number of ether oxygens (including phenoxy) is 1. The summed E-state index contributed by atoms with van der Waals surface area (Å²) in [7, 11) is 0. The minimum absolute atomic E-state index is 0.0219. The van der Waals surface area contributed by atoms with Gasteiger partial charge in [-0.05, 0) is 50.9 Å². The van der Waals surface area contributed by atoms with Crippen molar-refractivity contribution < 1.29 is 19.4 Å². The van der Waals surface area contributed by atoms with Gasteiger partial charge in [-0.25, -0.2) is 0 Å². The number of cyclic esters (lactones) is 1. The fraction of sp³-hybridized carbons (Fsp3) is 0.636. The molecular weight excluding hydrogens is 370 g/mol. The number of carbonyl (C=O) groups is 2. The Kier molecular flexibility index (Phi) is 6.18. The Hall–Kier alpha value is -1.96. The lowest BCUT2D eigenvalue weighted by molar-refractivity contribution is -0.151. The van der Waals surface area contributed by atoms with Gasteiger partial charge in [0.1, 0.15) is 6.10 Å². The van der Waals surface area contributed by atoms with Gasteiger partial charge in [0.25, 0.3) is 0 Å². The maximum absolute atomic E-state index is 12.6. The van der Waals surface area contributed by atoms with Gasteiger partial charge in [0.15, 0.2) is 0 Å². The van der Waals surface area contributed by atoms with E-state index in [-0.39, 0.29) is 29.5 Å². The number of para-hydroxylation sites is 1. The van der Waals surface area contributed by atoms with E-state index >= 15 is 0 Å². The molecule has 0 saturated carbocycles. The summed E-state index contributed by atoms with van der Waals surface area (Å²) in [6.07, 6.45) is 3.63. The maximum atomic E-state index is 12.6. The van der Waals surface area contributed by atoms with E-state index in [4.69, 9.17) is 4.74 Å². The minimum atomic E-state index is -0.383. The highest BCUT2D eigenvalue weighted by Crippen LogP contribution is 2.43. The molecule has 1 atom stereocenters. The van der Waals surface area contributed by atoms with Crippen LogP contribution in [0, 0.1) is 5.41 Å². The third-order valence-corrected chi connectivity index (χ3v) is 6.58. The van der Waals surface area contributed by atoms with Gasteiger partial charge in [-0.2, -0.15) is 0 Å². The van der Waals surface area contributed by atoms with Gasteiger partial charge in [0.2, 0.25) is 5.91 Å². The van der Waals surface area contributed by atoms with E-state index in [1.807, 2.05) is 30.3 Å².